The lowest BCUT2D eigenvalue weighted by Gasteiger charge is -2.34. The van der Waals surface area contributed by atoms with E-state index in [2.05, 4.69) is 10.6 Å². The predicted octanol–water partition coefficient (Wildman–Crippen LogP) is -0.542. The van der Waals surface area contributed by atoms with Crippen LogP contribution in [0.2, 0.25) is 0 Å². The quantitative estimate of drug-likeness (QED) is 0.462. The molecule has 0 unspecified atom stereocenters. The molecule has 6 N–H and O–H groups in total. The molecule has 0 atom stereocenters. The van der Waals surface area contributed by atoms with Gasteiger partial charge in [0.1, 0.15) is 0 Å². The van der Waals surface area contributed by atoms with E-state index < -0.39 is 0 Å². The highest BCUT2D eigenvalue weighted by atomic mass is 35.5. The third-order valence-corrected chi connectivity index (χ3v) is 2.12. The maximum atomic E-state index is 5.56. The van der Waals surface area contributed by atoms with Crippen molar-refractivity contribution in [3.63, 3.8) is 0 Å². The highest BCUT2D eigenvalue weighted by Gasteiger charge is 2.25. The highest BCUT2D eigenvalue weighted by Crippen LogP contribution is 2.02. The van der Waals surface area contributed by atoms with Crippen LogP contribution in [0, 0.1) is 0 Å². The Balaban J connectivity index is 0. The van der Waals surface area contributed by atoms with Crippen LogP contribution in [-0.4, -0.2) is 37.3 Å². The summed E-state index contributed by atoms with van der Waals surface area (Å²) in [7, 11) is 0. The normalized spacial score (nSPS) is 24.9. The van der Waals surface area contributed by atoms with Gasteiger partial charge in [0, 0.05) is 37.3 Å². The number of hydrogen-bond acceptors (Lipinski definition) is 4. The van der Waals surface area contributed by atoms with Gasteiger partial charge in [-0.05, 0) is 13.8 Å². The summed E-state index contributed by atoms with van der Waals surface area (Å²) in [5, 5.41) is 6.15. The van der Waals surface area contributed by atoms with E-state index in [9.17, 15) is 0 Å². The summed E-state index contributed by atoms with van der Waals surface area (Å²) in [6.07, 6.45) is 0. The molecule has 0 spiro atoms. The van der Waals surface area contributed by atoms with E-state index in [1.807, 2.05) is 13.8 Å². The Kier molecular flexibility index (Phi) is 7.34. The van der Waals surface area contributed by atoms with E-state index in [0.29, 0.717) is 0 Å². The maximum Gasteiger partial charge on any atom is 0.0378 e. The summed E-state index contributed by atoms with van der Waals surface area (Å²) >= 11 is 0. The van der Waals surface area contributed by atoms with Crippen molar-refractivity contribution in [2.45, 2.75) is 24.9 Å². The first kappa shape index (κ1) is 16.8. The van der Waals surface area contributed by atoms with Gasteiger partial charge in [0.05, 0.1) is 0 Å². The molecule has 2 heterocycles. The Labute approximate surface area is 98.4 Å². The van der Waals surface area contributed by atoms with E-state index in [-0.39, 0.29) is 35.9 Å². The molecule has 2 aliphatic rings. The molecule has 0 amide bonds. The first-order valence-electron chi connectivity index (χ1n) is 4.41. The summed E-state index contributed by atoms with van der Waals surface area (Å²) in [6.45, 7) is 8.01. The number of halogens is 2. The van der Waals surface area contributed by atoms with Gasteiger partial charge >= 0.3 is 0 Å². The first-order chi connectivity index (χ1) is 5.41. The molecule has 0 aromatic carbocycles. The molecule has 0 bridgehead atoms. The SMILES string of the molecule is CC1(N)CNC1.CC1(N)CNC1.Cl.Cl. The Bertz CT molecular complexity index is 131. The number of nitrogens with one attached hydrogen (secondary N) is 2. The summed E-state index contributed by atoms with van der Waals surface area (Å²) in [6, 6.07) is 0. The summed E-state index contributed by atoms with van der Waals surface area (Å²) in [5.74, 6) is 0. The average molecular weight is 245 g/mol. The largest absolute Gasteiger partial charge is 0.323 e. The van der Waals surface area contributed by atoms with Crippen LogP contribution in [0.5, 0.6) is 0 Å². The van der Waals surface area contributed by atoms with Crippen molar-refractivity contribution in [1.82, 2.24) is 10.6 Å². The average Bonchev–Trinajstić information content (AvgIpc) is 1.83. The van der Waals surface area contributed by atoms with Gasteiger partial charge in [0.2, 0.25) is 0 Å². The van der Waals surface area contributed by atoms with E-state index in [1.165, 1.54) is 0 Å². The lowest BCUT2D eigenvalue weighted by molar-refractivity contribution is 0.309. The van der Waals surface area contributed by atoms with E-state index in [0.717, 1.165) is 26.2 Å². The molecule has 4 nitrogen and oxygen atoms in total. The minimum absolute atomic E-state index is 0. The van der Waals surface area contributed by atoms with Gasteiger partial charge in [-0.25, -0.2) is 0 Å². The zero-order chi connectivity index (χ0) is 9.24. The van der Waals surface area contributed by atoms with Crippen molar-refractivity contribution >= 4 is 24.8 Å². The lowest BCUT2D eigenvalue weighted by Crippen LogP contribution is -2.63. The fourth-order valence-corrected chi connectivity index (χ4v) is 1.04. The molecule has 2 rings (SSSR count). The first-order valence-corrected chi connectivity index (χ1v) is 4.41. The van der Waals surface area contributed by atoms with Crippen LogP contribution in [0.1, 0.15) is 13.8 Å². The minimum atomic E-state index is 0. The van der Waals surface area contributed by atoms with Crippen LogP contribution >= 0.6 is 24.8 Å². The molecular weight excluding hydrogens is 223 g/mol. The van der Waals surface area contributed by atoms with Crippen molar-refractivity contribution in [3.8, 4) is 0 Å². The van der Waals surface area contributed by atoms with Crippen molar-refractivity contribution in [2.24, 2.45) is 11.5 Å². The monoisotopic (exact) mass is 244 g/mol. The topological polar surface area (TPSA) is 76.1 Å². The summed E-state index contributed by atoms with van der Waals surface area (Å²) in [5.41, 5.74) is 11.3. The zero-order valence-electron chi connectivity index (χ0n) is 8.80. The molecule has 2 aliphatic heterocycles. The van der Waals surface area contributed by atoms with Crippen molar-refractivity contribution < 1.29 is 0 Å². The minimum Gasteiger partial charge on any atom is -0.323 e. The fraction of sp³-hybridized carbons (Fsp3) is 1.00. The Morgan fingerprint density at radius 2 is 0.929 bits per heavy atom. The van der Waals surface area contributed by atoms with Crippen LogP contribution < -0.4 is 22.1 Å². The van der Waals surface area contributed by atoms with Crippen molar-refractivity contribution in [3.05, 3.63) is 0 Å². The van der Waals surface area contributed by atoms with Crippen LogP contribution in [0.25, 0.3) is 0 Å². The van der Waals surface area contributed by atoms with E-state index in [4.69, 9.17) is 11.5 Å². The highest BCUT2D eigenvalue weighted by molar-refractivity contribution is 5.85. The van der Waals surface area contributed by atoms with Gasteiger partial charge in [-0.1, -0.05) is 0 Å². The second-order valence-corrected chi connectivity index (χ2v) is 4.52. The van der Waals surface area contributed by atoms with Crippen molar-refractivity contribution in [2.75, 3.05) is 26.2 Å². The predicted molar refractivity (Wildman–Crippen MR) is 65.4 cm³/mol. The summed E-state index contributed by atoms with van der Waals surface area (Å²) < 4.78 is 0. The standard InChI is InChI=1S/2C4H10N2.2ClH/c2*1-4(5)2-6-3-4;;/h2*6H,2-3,5H2,1H3;2*1H. The molecule has 2 saturated heterocycles. The Hall–Kier alpha value is 0.420. The van der Waals surface area contributed by atoms with Gasteiger partial charge in [-0.2, -0.15) is 0 Å². The molecule has 14 heavy (non-hydrogen) atoms. The van der Waals surface area contributed by atoms with E-state index in [1.54, 1.807) is 0 Å². The lowest BCUT2D eigenvalue weighted by atomic mass is 9.98. The smallest absolute Gasteiger partial charge is 0.0378 e. The molecule has 0 radical (unpaired) electrons. The van der Waals surface area contributed by atoms with Crippen LogP contribution in [0.3, 0.4) is 0 Å². The molecule has 0 aromatic rings. The Morgan fingerprint density at radius 3 is 0.929 bits per heavy atom. The van der Waals surface area contributed by atoms with Gasteiger partial charge < -0.3 is 22.1 Å². The van der Waals surface area contributed by atoms with Gasteiger partial charge in [0.15, 0.2) is 0 Å². The fourth-order valence-electron chi connectivity index (χ4n) is 1.04. The number of hydrogen-bond donors (Lipinski definition) is 4. The Morgan fingerprint density at radius 1 is 0.786 bits per heavy atom. The third-order valence-electron chi connectivity index (χ3n) is 2.12. The molecule has 0 aliphatic carbocycles. The number of nitrogens with two attached hydrogens (primary N) is 2. The van der Waals surface area contributed by atoms with Crippen LogP contribution in [-0.2, 0) is 0 Å². The second-order valence-electron chi connectivity index (χ2n) is 4.52. The second kappa shape index (κ2) is 6.10. The van der Waals surface area contributed by atoms with Gasteiger partial charge in [-0.3, -0.25) is 0 Å². The number of rotatable bonds is 0. The van der Waals surface area contributed by atoms with Crippen LogP contribution in [0.15, 0.2) is 0 Å². The van der Waals surface area contributed by atoms with E-state index >= 15 is 0 Å². The van der Waals surface area contributed by atoms with Crippen molar-refractivity contribution in [1.29, 1.82) is 0 Å². The van der Waals surface area contributed by atoms with Crippen LogP contribution in [0.4, 0.5) is 0 Å². The summed E-state index contributed by atoms with van der Waals surface area (Å²) in [4.78, 5) is 0. The molecule has 88 valence electrons. The zero-order valence-corrected chi connectivity index (χ0v) is 10.4. The molecule has 0 aromatic heterocycles. The third kappa shape index (κ3) is 6.01. The molecular formula is C8H22Cl2N4. The molecule has 0 saturated carbocycles. The van der Waals surface area contributed by atoms with Gasteiger partial charge in [-0.15, -0.1) is 24.8 Å². The molecule has 6 heteroatoms. The molecule has 2 fully saturated rings. The van der Waals surface area contributed by atoms with Gasteiger partial charge in [0.25, 0.3) is 0 Å². The maximum absolute atomic E-state index is 5.56.